The van der Waals surface area contributed by atoms with Crippen molar-refractivity contribution in [2.24, 2.45) is 0 Å². The van der Waals surface area contributed by atoms with E-state index in [9.17, 15) is 4.79 Å². The first-order chi connectivity index (χ1) is 10.3. The second-order valence-electron chi connectivity index (χ2n) is 5.58. The summed E-state index contributed by atoms with van der Waals surface area (Å²) in [5.41, 5.74) is 1.85. The molecule has 0 spiro atoms. The van der Waals surface area contributed by atoms with Gasteiger partial charge in [0.1, 0.15) is 6.10 Å². The molecule has 2 aliphatic heterocycles. The Morgan fingerprint density at radius 1 is 1.05 bits per heavy atom. The van der Waals surface area contributed by atoms with Crippen molar-refractivity contribution in [1.29, 1.82) is 0 Å². The normalized spacial score (nSPS) is 25.0. The fraction of sp³-hybridized carbons (Fsp3) is 0.562. The van der Waals surface area contributed by atoms with Crippen molar-refractivity contribution in [3.63, 3.8) is 0 Å². The lowest BCUT2D eigenvalue weighted by Crippen LogP contribution is -2.26. The highest BCUT2D eigenvalue weighted by atomic mass is 16.5. The zero-order valence-corrected chi connectivity index (χ0v) is 12.1. The molecule has 0 aromatic heterocycles. The third-order valence-corrected chi connectivity index (χ3v) is 3.93. The van der Waals surface area contributed by atoms with Crippen LogP contribution in [-0.2, 0) is 14.3 Å². The minimum Gasteiger partial charge on any atom is -0.382 e. The highest BCUT2D eigenvalue weighted by molar-refractivity contribution is 5.94. The Kier molecular flexibility index (Phi) is 4.72. The van der Waals surface area contributed by atoms with Crippen LogP contribution in [0, 0.1) is 0 Å². The monoisotopic (exact) mass is 290 g/mol. The third kappa shape index (κ3) is 3.95. The van der Waals surface area contributed by atoms with Gasteiger partial charge in [0.25, 0.3) is 5.91 Å². The van der Waals surface area contributed by atoms with E-state index in [4.69, 9.17) is 9.47 Å². The van der Waals surface area contributed by atoms with Crippen LogP contribution in [0.15, 0.2) is 24.3 Å². The van der Waals surface area contributed by atoms with Crippen LogP contribution in [0.4, 0.5) is 11.4 Å². The number of amides is 1. The molecule has 2 heterocycles. The molecule has 1 aromatic rings. The summed E-state index contributed by atoms with van der Waals surface area (Å²) in [5, 5.41) is 6.25. The Bertz CT molecular complexity index is 463. The molecular weight excluding hydrogens is 268 g/mol. The molecular formula is C16H22N2O3. The smallest absolute Gasteiger partial charge is 0.253 e. The van der Waals surface area contributed by atoms with E-state index in [1.165, 1.54) is 0 Å². The molecule has 0 radical (unpaired) electrons. The summed E-state index contributed by atoms with van der Waals surface area (Å²) in [6, 6.07) is 7.76. The van der Waals surface area contributed by atoms with Gasteiger partial charge in [-0.25, -0.2) is 0 Å². The fourth-order valence-electron chi connectivity index (χ4n) is 2.72. The van der Waals surface area contributed by atoms with Crippen LogP contribution in [0.5, 0.6) is 0 Å². The molecule has 2 saturated heterocycles. The van der Waals surface area contributed by atoms with Gasteiger partial charge in [-0.1, -0.05) is 0 Å². The van der Waals surface area contributed by atoms with E-state index in [-0.39, 0.29) is 12.0 Å². The van der Waals surface area contributed by atoms with Crippen molar-refractivity contribution in [2.75, 3.05) is 30.4 Å². The molecule has 0 saturated carbocycles. The maximum Gasteiger partial charge on any atom is 0.253 e. The molecule has 1 amide bonds. The van der Waals surface area contributed by atoms with E-state index in [0.717, 1.165) is 50.2 Å². The molecule has 2 atom stereocenters. The lowest BCUT2D eigenvalue weighted by Gasteiger charge is -2.13. The van der Waals surface area contributed by atoms with Crippen molar-refractivity contribution in [1.82, 2.24) is 0 Å². The van der Waals surface area contributed by atoms with Crippen LogP contribution in [0.2, 0.25) is 0 Å². The van der Waals surface area contributed by atoms with Crippen LogP contribution < -0.4 is 10.6 Å². The molecule has 2 unspecified atom stereocenters. The maximum absolute atomic E-state index is 11.9. The van der Waals surface area contributed by atoms with Crippen LogP contribution in [0.1, 0.15) is 25.7 Å². The number of rotatable bonds is 5. The van der Waals surface area contributed by atoms with Gasteiger partial charge in [-0.15, -0.1) is 0 Å². The van der Waals surface area contributed by atoms with Crippen molar-refractivity contribution in [2.45, 2.75) is 37.9 Å². The Labute approximate surface area is 125 Å². The van der Waals surface area contributed by atoms with Gasteiger partial charge in [0.15, 0.2) is 0 Å². The van der Waals surface area contributed by atoms with Gasteiger partial charge in [0.2, 0.25) is 0 Å². The Morgan fingerprint density at radius 3 is 2.43 bits per heavy atom. The molecule has 114 valence electrons. The Morgan fingerprint density at radius 2 is 1.76 bits per heavy atom. The van der Waals surface area contributed by atoms with Crippen LogP contribution >= 0.6 is 0 Å². The van der Waals surface area contributed by atoms with E-state index in [1.807, 2.05) is 24.3 Å². The molecule has 3 rings (SSSR count). The fourth-order valence-corrected chi connectivity index (χ4v) is 2.72. The first kappa shape index (κ1) is 14.4. The van der Waals surface area contributed by atoms with Gasteiger partial charge < -0.3 is 20.1 Å². The van der Waals surface area contributed by atoms with Gasteiger partial charge in [-0.3, -0.25) is 4.79 Å². The molecule has 2 N–H and O–H groups in total. The number of nitrogens with one attached hydrogen (secondary N) is 2. The number of hydrogen-bond acceptors (Lipinski definition) is 4. The summed E-state index contributed by atoms with van der Waals surface area (Å²) in [4.78, 5) is 11.9. The molecule has 1 aromatic carbocycles. The Hall–Kier alpha value is -1.59. The van der Waals surface area contributed by atoms with Gasteiger partial charge >= 0.3 is 0 Å². The lowest BCUT2D eigenvalue weighted by molar-refractivity contribution is -0.124. The van der Waals surface area contributed by atoms with Crippen molar-refractivity contribution < 1.29 is 14.3 Å². The minimum atomic E-state index is -0.290. The quantitative estimate of drug-likeness (QED) is 0.874. The van der Waals surface area contributed by atoms with Crippen molar-refractivity contribution in [3.05, 3.63) is 24.3 Å². The molecule has 2 aliphatic rings. The van der Waals surface area contributed by atoms with Crippen LogP contribution in [0.25, 0.3) is 0 Å². The highest BCUT2D eigenvalue weighted by Crippen LogP contribution is 2.18. The summed E-state index contributed by atoms with van der Waals surface area (Å²) in [5.74, 6) is -0.0486. The second-order valence-corrected chi connectivity index (χ2v) is 5.58. The minimum absolute atomic E-state index is 0.0486. The first-order valence-corrected chi connectivity index (χ1v) is 7.69. The first-order valence-electron chi connectivity index (χ1n) is 7.69. The lowest BCUT2D eigenvalue weighted by atomic mass is 10.2. The average molecular weight is 290 g/mol. The predicted molar refractivity (Wildman–Crippen MR) is 81.5 cm³/mol. The number of ether oxygens (including phenoxy) is 2. The van der Waals surface area contributed by atoms with Gasteiger partial charge in [0, 0.05) is 31.1 Å². The van der Waals surface area contributed by atoms with Crippen molar-refractivity contribution in [3.8, 4) is 0 Å². The third-order valence-electron chi connectivity index (χ3n) is 3.93. The zero-order valence-electron chi connectivity index (χ0n) is 12.1. The summed E-state index contributed by atoms with van der Waals surface area (Å²) in [6.45, 7) is 2.40. The van der Waals surface area contributed by atoms with E-state index in [1.54, 1.807) is 0 Å². The summed E-state index contributed by atoms with van der Waals surface area (Å²) in [7, 11) is 0. The molecule has 0 aliphatic carbocycles. The number of anilines is 2. The van der Waals surface area contributed by atoms with Gasteiger partial charge in [0.05, 0.1) is 6.10 Å². The predicted octanol–water partition coefficient (Wildman–Crippen LogP) is 2.40. The van der Waals surface area contributed by atoms with Gasteiger partial charge in [-0.05, 0) is 49.9 Å². The molecule has 2 fully saturated rings. The van der Waals surface area contributed by atoms with E-state index in [2.05, 4.69) is 10.6 Å². The maximum atomic E-state index is 11.9. The van der Waals surface area contributed by atoms with Crippen LogP contribution in [0.3, 0.4) is 0 Å². The average Bonchev–Trinajstić information content (AvgIpc) is 3.20. The zero-order chi connectivity index (χ0) is 14.5. The number of carbonyl (C=O) groups excluding carboxylic acids is 1. The number of benzene rings is 1. The molecule has 5 heteroatoms. The number of hydrogen-bond donors (Lipinski definition) is 2. The summed E-state index contributed by atoms with van der Waals surface area (Å²) in [6.07, 6.45) is 4.09. The van der Waals surface area contributed by atoms with Crippen LogP contribution in [-0.4, -0.2) is 37.9 Å². The largest absolute Gasteiger partial charge is 0.382 e. The standard InChI is InChI=1S/C16H22N2O3/c19-16(15-4-2-10-21-15)18-13-7-5-12(6-8-13)17-11-14-3-1-9-20-14/h5-8,14-15,17H,1-4,9-11H2,(H,18,19). The highest BCUT2D eigenvalue weighted by Gasteiger charge is 2.23. The molecule has 5 nitrogen and oxygen atoms in total. The van der Waals surface area contributed by atoms with E-state index >= 15 is 0 Å². The van der Waals surface area contributed by atoms with E-state index in [0.29, 0.717) is 12.7 Å². The van der Waals surface area contributed by atoms with Crippen molar-refractivity contribution >= 4 is 17.3 Å². The molecule has 21 heavy (non-hydrogen) atoms. The summed E-state index contributed by atoms with van der Waals surface area (Å²) >= 11 is 0. The molecule has 0 bridgehead atoms. The topological polar surface area (TPSA) is 59.6 Å². The summed E-state index contributed by atoms with van der Waals surface area (Å²) < 4.78 is 10.9. The SMILES string of the molecule is O=C(Nc1ccc(NCC2CCCO2)cc1)C1CCCO1. The second kappa shape index (κ2) is 6.91. The Balaban J connectivity index is 1.47. The van der Waals surface area contributed by atoms with Gasteiger partial charge in [-0.2, -0.15) is 0 Å². The van der Waals surface area contributed by atoms with E-state index < -0.39 is 0 Å². The number of carbonyl (C=O) groups is 1.